The summed E-state index contributed by atoms with van der Waals surface area (Å²) in [5, 5.41) is 11.9. The molecule has 0 spiro atoms. The molecule has 0 amide bonds. The van der Waals surface area contributed by atoms with Crippen LogP contribution in [-0.2, 0) is 16.1 Å². The van der Waals surface area contributed by atoms with E-state index in [0.29, 0.717) is 46.3 Å². The summed E-state index contributed by atoms with van der Waals surface area (Å²) in [6, 6.07) is 10.1. The number of aromatic nitrogens is 4. The van der Waals surface area contributed by atoms with Crippen molar-refractivity contribution in [2.45, 2.75) is 58.7 Å². The summed E-state index contributed by atoms with van der Waals surface area (Å²) >= 11 is 6.43. The van der Waals surface area contributed by atoms with Crippen molar-refractivity contribution in [1.82, 2.24) is 19.6 Å². The van der Waals surface area contributed by atoms with E-state index in [1.807, 2.05) is 24.4 Å². The van der Waals surface area contributed by atoms with Gasteiger partial charge in [-0.2, -0.15) is 10.2 Å². The topological polar surface area (TPSA) is 88.2 Å². The first-order valence-electron chi connectivity index (χ1n) is 12.1. The number of halogens is 1. The maximum absolute atomic E-state index is 13.2. The van der Waals surface area contributed by atoms with Crippen LogP contribution in [0.5, 0.6) is 5.75 Å². The van der Waals surface area contributed by atoms with Crippen molar-refractivity contribution >= 4 is 39.2 Å². The minimum Gasteiger partial charge on any atom is -0.492 e. The minimum atomic E-state index is -0.887. The van der Waals surface area contributed by atoms with Gasteiger partial charge in [0.1, 0.15) is 11.4 Å². The molecular formula is C27H29ClN4O4. The summed E-state index contributed by atoms with van der Waals surface area (Å²) in [4.78, 5) is 25.9. The number of hydrogen-bond donors (Lipinski definition) is 0. The Morgan fingerprint density at radius 2 is 1.89 bits per heavy atom. The molecule has 0 bridgehead atoms. The first-order valence-corrected chi connectivity index (χ1v) is 12.5. The molecule has 1 aliphatic carbocycles. The van der Waals surface area contributed by atoms with Gasteiger partial charge < -0.3 is 9.47 Å². The van der Waals surface area contributed by atoms with E-state index in [9.17, 15) is 9.59 Å². The third-order valence-electron chi connectivity index (χ3n) is 6.11. The third-order valence-corrected chi connectivity index (χ3v) is 6.40. The number of esters is 1. The van der Waals surface area contributed by atoms with E-state index in [-0.39, 0.29) is 5.56 Å². The van der Waals surface area contributed by atoms with Crippen molar-refractivity contribution in [3.8, 4) is 5.75 Å². The largest absolute Gasteiger partial charge is 0.492 e. The van der Waals surface area contributed by atoms with Gasteiger partial charge in [0.2, 0.25) is 0 Å². The predicted octanol–water partition coefficient (Wildman–Crippen LogP) is 5.14. The van der Waals surface area contributed by atoms with Crippen molar-refractivity contribution in [3.63, 3.8) is 0 Å². The fraction of sp³-hybridized carbons (Fsp3) is 0.407. The summed E-state index contributed by atoms with van der Waals surface area (Å²) in [6.45, 7) is 7.96. The van der Waals surface area contributed by atoms with Crippen LogP contribution in [0, 0.1) is 5.92 Å². The molecule has 2 heterocycles. The molecule has 0 saturated heterocycles. The van der Waals surface area contributed by atoms with Gasteiger partial charge in [-0.1, -0.05) is 29.8 Å². The second-order valence-electron chi connectivity index (χ2n) is 10.4. The highest BCUT2D eigenvalue weighted by Gasteiger charge is 2.26. The average molecular weight is 509 g/mol. The predicted molar refractivity (Wildman–Crippen MR) is 139 cm³/mol. The van der Waals surface area contributed by atoms with Crippen LogP contribution < -0.4 is 10.3 Å². The molecule has 1 fully saturated rings. The van der Waals surface area contributed by atoms with Crippen LogP contribution in [0.4, 0.5) is 0 Å². The SMILES string of the molecule is C[C@H](C(=O)OC(C)(C)C)n1nc(Cn2cc3cc(OCC4CC4)c(Cl)cc3n2)c2ccccc2c1=O. The molecule has 8 nitrogen and oxygen atoms in total. The fourth-order valence-electron chi connectivity index (χ4n) is 4.05. The molecular weight excluding hydrogens is 480 g/mol. The zero-order valence-electron chi connectivity index (χ0n) is 20.8. The van der Waals surface area contributed by atoms with Gasteiger partial charge in [0.15, 0.2) is 6.04 Å². The summed E-state index contributed by atoms with van der Waals surface area (Å²) in [7, 11) is 0. The van der Waals surface area contributed by atoms with E-state index < -0.39 is 17.6 Å². The van der Waals surface area contributed by atoms with Crippen LogP contribution in [0.3, 0.4) is 0 Å². The number of nitrogens with zero attached hydrogens (tertiary/aromatic N) is 4. The van der Waals surface area contributed by atoms with Crippen molar-refractivity contribution in [1.29, 1.82) is 0 Å². The molecule has 2 aromatic heterocycles. The van der Waals surface area contributed by atoms with E-state index >= 15 is 0 Å². The lowest BCUT2D eigenvalue weighted by atomic mass is 10.1. The van der Waals surface area contributed by atoms with Crippen LogP contribution in [-0.4, -0.2) is 37.7 Å². The molecule has 1 aliphatic rings. The summed E-state index contributed by atoms with van der Waals surface area (Å²) < 4.78 is 14.4. The van der Waals surface area contributed by atoms with E-state index in [0.717, 1.165) is 10.9 Å². The Morgan fingerprint density at radius 3 is 2.58 bits per heavy atom. The van der Waals surface area contributed by atoms with Crippen LogP contribution in [0.25, 0.3) is 21.7 Å². The van der Waals surface area contributed by atoms with E-state index in [4.69, 9.17) is 21.1 Å². The average Bonchev–Trinajstić information content (AvgIpc) is 3.57. The zero-order chi connectivity index (χ0) is 25.6. The van der Waals surface area contributed by atoms with E-state index in [1.165, 1.54) is 17.5 Å². The highest BCUT2D eigenvalue weighted by atomic mass is 35.5. The molecule has 36 heavy (non-hydrogen) atoms. The third kappa shape index (κ3) is 5.09. The van der Waals surface area contributed by atoms with E-state index in [2.05, 4.69) is 10.2 Å². The van der Waals surface area contributed by atoms with Crippen molar-refractivity contribution < 1.29 is 14.3 Å². The number of ether oxygens (including phenoxy) is 2. The van der Waals surface area contributed by atoms with Crippen LogP contribution in [0.15, 0.2) is 47.4 Å². The van der Waals surface area contributed by atoms with Gasteiger partial charge in [-0.05, 0) is 64.7 Å². The Morgan fingerprint density at radius 1 is 1.17 bits per heavy atom. The molecule has 4 aromatic rings. The van der Waals surface area contributed by atoms with Gasteiger partial charge in [-0.25, -0.2) is 9.48 Å². The van der Waals surface area contributed by atoms with Crippen molar-refractivity contribution in [2.24, 2.45) is 5.92 Å². The lowest BCUT2D eigenvalue weighted by Crippen LogP contribution is -2.35. The molecule has 1 atom stereocenters. The molecule has 0 unspecified atom stereocenters. The number of hydrogen-bond acceptors (Lipinski definition) is 6. The van der Waals surface area contributed by atoms with Crippen LogP contribution in [0.2, 0.25) is 5.02 Å². The molecule has 0 N–H and O–H groups in total. The summed E-state index contributed by atoms with van der Waals surface area (Å²) in [5.41, 5.74) is 0.331. The molecule has 5 rings (SSSR count). The number of carbonyl (C=O) groups excluding carboxylic acids is 1. The maximum Gasteiger partial charge on any atom is 0.331 e. The Balaban J connectivity index is 1.50. The Labute approximate surface area is 213 Å². The molecule has 2 aromatic carbocycles. The number of benzene rings is 2. The van der Waals surface area contributed by atoms with Crippen LogP contribution in [0.1, 0.15) is 52.3 Å². The number of rotatable bonds is 7. The Hall–Kier alpha value is -3.39. The first kappa shape index (κ1) is 24.3. The van der Waals surface area contributed by atoms with Gasteiger partial charge in [0, 0.05) is 17.0 Å². The highest BCUT2D eigenvalue weighted by Crippen LogP contribution is 2.34. The maximum atomic E-state index is 13.2. The van der Waals surface area contributed by atoms with Gasteiger partial charge in [-0.15, -0.1) is 0 Å². The number of carbonyl (C=O) groups is 1. The monoisotopic (exact) mass is 508 g/mol. The van der Waals surface area contributed by atoms with Crippen molar-refractivity contribution in [3.05, 3.63) is 63.7 Å². The zero-order valence-corrected chi connectivity index (χ0v) is 21.6. The van der Waals surface area contributed by atoms with Gasteiger partial charge >= 0.3 is 5.97 Å². The summed E-state index contributed by atoms with van der Waals surface area (Å²) in [5.74, 6) is 0.757. The van der Waals surface area contributed by atoms with Crippen molar-refractivity contribution in [2.75, 3.05) is 6.61 Å². The molecule has 9 heteroatoms. The smallest absolute Gasteiger partial charge is 0.331 e. The van der Waals surface area contributed by atoms with Gasteiger partial charge in [-0.3, -0.25) is 9.48 Å². The molecule has 1 saturated carbocycles. The number of fused-ring (bicyclic) bond motifs is 2. The molecule has 0 aliphatic heterocycles. The Kier molecular flexibility index (Phi) is 6.24. The van der Waals surface area contributed by atoms with Gasteiger partial charge in [0.05, 0.1) is 34.8 Å². The normalized spacial score (nSPS) is 14.8. The highest BCUT2D eigenvalue weighted by molar-refractivity contribution is 6.32. The molecule has 0 radical (unpaired) electrons. The lowest BCUT2D eigenvalue weighted by Gasteiger charge is -2.23. The van der Waals surface area contributed by atoms with Crippen LogP contribution >= 0.6 is 11.6 Å². The molecule has 188 valence electrons. The Bertz CT molecular complexity index is 1510. The standard InChI is InChI=1S/C27H29ClN4O4/c1-16(26(34)36-27(2,3)4)32-25(33)20-8-6-5-7-19(20)23(30-32)14-31-13-18-11-24(35-15-17-9-10-17)21(28)12-22(18)29-31/h5-8,11-13,16-17H,9-10,14-15H2,1-4H3/t16-/m1/s1. The lowest BCUT2D eigenvalue weighted by molar-refractivity contribution is -0.158. The minimum absolute atomic E-state index is 0.298. The quantitative estimate of drug-likeness (QED) is 0.321. The van der Waals surface area contributed by atoms with E-state index in [1.54, 1.807) is 50.6 Å². The second-order valence-corrected chi connectivity index (χ2v) is 10.8. The second kappa shape index (κ2) is 9.24. The first-order chi connectivity index (χ1) is 17.1. The summed E-state index contributed by atoms with van der Waals surface area (Å²) in [6.07, 6.45) is 4.31. The fourth-order valence-corrected chi connectivity index (χ4v) is 4.27. The van der Waals surface area contributed by atoms with Gasteiger partial charge in [0.25, 0.3) is 5.56 Å².